The number of methoxy groups -OCH3 is 1. The maximum absolute atomic E-state index is 12.4. The van der Waals surface area contributed by atoms with Gasteiger partial charge in [0.25, 0.3) is 10.0 Å². The first-order valence-electron chi connectivity index (χ1n) is 5.86. The van der Waals surface area contributed by atoms with Crippen molar-refractivity contribution >= 4 is 27.5 Å². The zero-order valence-electron chi connectivity index (χ0n) is 11.4. The normalized spacial score (nSPS) is 11.1. The third kappa shape index (κ3) is 2.97. The first-order valence-corrected chi connectivity index (χ1v) is 7.34. The molecule has 1 aromatic carbocycles. The van der Waals surface area contributed by atoms with Crippen molar-refractivity contribution in [1.82, 2.24) is 10.2 Å². The van der Waals surface area contributed by atoms with Gasteiger partial charge in [0.05, 0.1) is 18.9 Å². The molecular weight excluding hydrogens is 296 g/mol. The van der Waals surface area contributed by atoms with E-state index in [4.69, 9.17) is 5.73 Å². The number of rotatable bonds is 4. The molecule has 1 heterocycles. The Kier molecular flexibility index (Phi) is 3.85. The van der Waals surface area contributed by atoms with E-state index in [0.29, 0.717) is 5.56 Å². The number of sulfonamides is 1. The Labute approximate surface area is 121 Å². The molecule has 0 atom stereocenters. The quantitative estimate of drug-likeness (QED) is 0.568. The van der Waals surface area contributed by atoms with Crippen LogP contribution in [-0.2, 0) is 14.8 Å². The minimum atomic E-state index is -3.99. The van der Waals surface area contributed by atoms with Gasteiger partial charge in [-0.3, -0.25) is 9.82 Å². The number of nitrogen functional groups attached to an aromatic ring is 1. The number of esters is 1. The van der Waals surface area contributed by atoms with E-state index in [2.05, 4.69) is 19.7 Å². The highest BCUT2D eigenvalue weighted by Gasteiger charge is 2.24. The highest BCUT2D eigenvalue weighted by atomic mass is 32.2. The number of nitrogens with zero attached hydrogens (tertiary/aromatic N) is 1. The molecule has 2 aromatic rings. The van der Waals surface area contributed by atoms with Gasteiger partial charge in [-0.1, -0.05) is 0 Å². The number of benzene rings is 1. The second-order valence-corrected chi connectivity index (χ2v) is 5.93. The van der Waals surface area contributed by atoms with Crippen LogP contribution in [0.25, 0.3) is 0 Å². The summed E-state index contributed by atoms with van der Waals surface area (Å²) in [6.45, 7) is 1.69. The number of aromatic nitrogens is 2. The molecule has 2 rings (SSSR count). The molecule has 0 aliphatic heterocycles. The summed E-state index contributed by atoms with van der Waals surface area (Å²) in [7, 11) is -2.82. The van der Waals surface area contributed by atoms with Crippen molar-refractivity contribution in [1.29, 1.82) is 0 Å². The van der Waals surface area contributed by atoms with Crippen molar-refractivity contribution in [2.75, 3.05) is 17.6 Å². The summed E-state index contributed by atoms with van der Waals surface area (Å²) < 4.78 is 31.7. The average Bonchev–Trinajstić information content (AvgIpc) is 2.82. The van der Waals surface area contributed by atoms with Crippen molar-refractivity contribution in [3.8, 4) is 0 Å². The van der Waals surface area contributed by atoms with Crippen LogP contribution in [0, 0.1) is 6.92 Å². The highest BCUT2D eigenvalue weighted by Crippen LogP contribution is 2.23. The van der Waals surface area contributed by atoms with Crippen molar-refractivity contribution in [2.24, 2.45) is 0 Å². The number of nitrogens with two attached hydrogens (primary N) is 1. The Balaban J connectivity index is 2.50. The number of aryl methyl sites for hydroxylation is 1. The van der Waals surface area contributed by atoms with Gasteiger partial charge in [-0.25, -0.2) is 13.2 Å². The maximum atomic E-state index is 12.4. The molecule has 1 aromatic heterocycles. The molecule has 0 aliphatic carbocycles. The lowest BCUT2D eigenvalue weighted by molar-refractivity contribution is 0.0596. The van der Waals surface area contributed by atoms with Crippen molar-refractivity contribution in [2.45, 2.75) is 11.8 Å². The summed E-state index contributed by atoms with van der Waals surface area (Å²) >= 11 is 0. The predicted molar refractivity (Wildman–Crippen MR) is 76.3 cm³/mol. The molecule has 0 fully saturated rings. The van der Waals surface area contributed by atoms with Gasteiger partial charge >= 0.3 is 5.97 Å². The summed E-state index contributed by atoms with van der Waals surface area (Å²) in [5.74, 6) is -0.563. The second-order valence-electron chi connectivity index (χ2n) is 4.28. The standard InChI is InChI=1S/C12H14N4O4S/c1-7-6-14-15-11(7)16-21(18,19)10-4-3-8(13)5-9(10)12(17)20-2/h3-6H,13H2,1-2H3,(H2,14,15,16). The smallest absolute Gasteiger partial charge is 0.339 e. The molecule has 8 nitrogen and oxygen atoms in total. The Hall–Kier alpha value is -2.55. The summed E-state index contributed by atoms with van der Waals surface area (Å²) in [6.07, 6.45) is 1.47. The number of hydrogen-bond donors (Lipinski definition) is 3. The first-order chi connectivity index (χ1) is 9.85. The number of anilines is 2. The summed E-state index contributed by atoms with van der Waals surface area (Å²) in [6, 6.07) is 3.89. The Morgan fingerprint density at radius 2 is 2.14 bits per heavy atom. The van der Waals surface area contributed by atoms with Gasteiger partial charge in [-0.2, -0.15) is 5.10 Å². The molecule has 0 amide bonds. The van der Waals surface area contributed by atoms with E-state index >= 15 is 0 Å². The molecule has 9 heteroatoms. The minimum absolute atomic E-state index is 0.137. The summed E-state index contributed by atoms with van der Waals surface area (Å²) in [5, 5.41) is 6.25. The van der Waals surface area contributed by atoms with Crippen molar-refractivity contribution in [3.63, 3.8) is 0 Å². The van der Waals surface area contributed by atoms with Crippen LogP contribution in [0.4, 0.5) is 11.5 Å². The number of ether oxygens (including phenoxy) is 1. The highest BCUT2D eigenvalue weighted by molar-refractivity contribution is 7.92. The fourth-order valence-corrected chi connectivity index (χ4v) is 2.95. The van der Waals surface area contributed by atoms with Crippen LogP contribution in [0.3, 0.4) is 0 Å². The SMILES string of the molecule is COC(=O)c1cc(N)ccc1S(=O)(=O)Nc1[nH]ncc1C. The minimum Gasteiger partial charge on any atom is -0.465 e. The van der Waals surface area contributed by atoms with Crippen LogP contribution in [0.5, 0.6) is 0 Å². The predicted octanol–water partition coefficient (Wildman–Crippen LogP) is 0.888. The van der Waals surface area contributed by atoms with Gasteiger partial charge in [0.1, 0.15) is 10.7 Å². The van der Waals surface area contributed by atoms with Crippen LogP contribution < -0.4 is 10.5 Å². The molecule has 21 heavy (non-hydrogen) atoms. The van der Waals surface area contributed by atoms with Gasteiger partial charge in [-0.05, 0) is 25.1 Å². The number of H-pyrrole nitrogens is 1. The van der Waals surface area contributed by atoms with Crippen molar-refractivity contribution in [3.05, 3.63) is 35.5 Å². The molecule has 0 unspecified atom stereocenters. The van der Waals surface area contributed by atoms with E-state index in [-0.39, 0.29) is 22.0 Å². The zero-order chi connectivity index (χ0) is 15.6. The third-order valence-electron chi connectivity index (χ3n) is 2.76. The van der Waals surface area contributed by atoms with Gasteiger partial charge < -0.3 is 10.5 Å². The maximum Gasteiger partial charge on any atom is 0.339 e. The summed E-state index contributed by atoms with van der Waals surface area (Å²) in [4.78, 5) is 11.5. The lowest BCUT2D eigenvalue weighted by atomic mass is 10.2. The zero-order valence-corrected chi connectivity index (χ0v) is 12.2. The Morgan fingerprint density at radius 1 is 1.43 bits per heavy atom. The van der Waals surface area contributed by atoms with E-state index in [1.807, 2.05) is 0 Å². The van der Waals surface area contributed by atoms with E-state index in [1.54, 1.807) is 6.92 Å². The number of hydrogen-bond acceptors (Lipinski definition) is 6. The number of aromatic amines is 1. The largest absolute Gasteiger partial charge is 0.465 e. The number of carbonyl (C=O) groups excluding carboxylic acids is 1. The number of carbonyl (C=O) groups is 1. The lowest BCUT2D eigenvalue weighted by Gasteiger charge is -2.11. The molecule has 0 saturated carbocycles. The molecule has 0 aliphatic rings. The fraction of sp³-hybridized carbons (Fsp3) is 0.167. The average molecular weight is 310 g/mol. The summed E-state index contributed by atoms with van der Waals surface area (Å²) in [5.41, 5.74) is 6.32. The van der Waals surface area contributed by atoms with Crippen LogP contribution in [0.15, 0.2) is 29.3 Å². The van der Waals surface area contributed by atoms with Crippen LogP contribution in [0.2, 0.25) is 0 Å². The molecular formula is C12H14N4O4S. The topological polar surface area (TPSA) is 127 Å². The van der Waals surface area contributed by atoms with E-state index in [0.717, 1.165) is 7.11 Å². The fourth-order valence-electron chi connectivity index (χ4n) is 1.69. The first kappa shape index (κ1) is 14.9. The molecule has 112 valence electrons. The molecule has 0 bridgehead atoms. The van der Waals surface area contributed by atoms with Gasteiger partial charge in [-0.15, -0.1) is 0 Å². The van der Waals surface area contributed by atoms with Gasteiger partial charge in [0.15, 0.2) is 0 Å². The molecule has 0 radical (unpaired) electrons. The molecule has 0 saturated heterocycles. The second kappa shape index (κ2) is 5.44. The molecule has 0 spiro atoms. The van der Waals surface area contributed by atoms with E-state index in [9.17, 15) is 13.2 Å². The van der Waals surface area contributed by atoms with Crippen LogP contribution in [-0.4, -0.2) is 31.7 Å². The monoisotopic (exact) mass is 310 g/mol. The van der Waals surface area contributed by atoms with Crippen molar-refractivity contribution < 1.29 is 17.9 Å². The third-order valence-corrected chi connectivity index (χ3v) is 4.17. The van der Waals surface area contributed by atoms with E-state index < -0.39 is 16.0 Å². The Morgan fingerprint density at radius 3 is 2.71 bits per heavy atom. The van der Waals surface area contributed by atoms with Gasteiger partial charge in [0, 0.05) is 11.3 Å². The van der Waals surface area contributed by atoms with E-state index in [1.165, 1.54) is 24.4 Å². The lowest BCUT2D eigenvalue weighted by Crippen LogP contribution is -2.18. The Bertz CT molecular complexity index is 782. The van der Waals surface area contributed by atoms with Crippen LogP contribution in [0.1, 0.15) is 15.9 Å². The van der Waals surface area contributed by atoms with Crippen LogP contribution >= 0.6 is 0 Å². The number of nitrogens with one attached hydrogen (secondary N) is 2. The van der Waals surface area contributed by atoms with Gasteiger partial charge in [0.2, 0.25) is 0 Å². The molecule has 4 N–H and O–H groups in total.